The van der Waals surface area contributed by atoms with Crippen LogP contribution in [-0.4, -0.2) is 68.8 Å². The van der Waals surface area contributed by atoms with Gasteiger partial charge in [0.05, 0.1) is 36.8 Å². The zero-order chi connectivity index (χ0) is 29.8. The Bertz CT molecular complexity index is 1410. The lowest BCUT2D eigenvalue weighted by Gasteiger charge is -2.31. The lowest BCUT2D eigenvalue weighted by molar-refractivity contribution is -0.141. The number of nitrogens with zero attached hydrogens (tertiary/aromatic N) is 2. The van der Waals surface area contributed by atoms with Gasteiger partial charge in [-0.25, -0.2) is 4.39 Å². The van der Waals surface area contributed by atoms with E-state index >= 15 is 0 Å². The molecule has 0 unspecified atom stereocenters. The van der Waals surface area contributed by atoms with E-state index in [1.165, 1.54) is 17.0 Å². The Morgan fingerprint density at radius 2 is 1.93 bits per heavy atom. The maximum atomic E-state index is 14.0. The minimum absolute atomic E-state index is 0.0597. The molecule has 2 amide bonds. The highest BCUT2D eigenvalue weighted by molar-refractivity contribution is 6.06. The Balaban J connectivity index is 1.32. The van der Waals surface area contributed by atoms with Crippen LogP contribution in [0.25, 0.3) is 11.6 Å². The summed E-state index contributed by atoms with van der Waals surface area (Å²) >= 11 is 0. The summed E-state index contributed by atoms with van der Waals surface area (Å²) in [7, 11) is 0. The molecule has 3 heterocycles. The van der Waals surface area contributed by atoms with Crippen LogP contribution in [0, 0.1) is 23.6 Å². The Morgan fingerprint density at radius 3 is 2.64 bits per heavy atom. The first kappa shape index (κ1) is 29.6. The number of benzene rings is 1. The molecule has 2 saturated heterocycles. The SMILES string of the molecule is O=C(O)CCCCCN1C(=O)[C@@H]2[C@@H](CC(CO)=C3[C@@H](CC/C(=C/c4ccc(O)c(F)c4)c4ccccn4)OC[C@@H]32)C1=O. The number of hydrogen-bond acceptors (Lipinski definition) is 7. The molecule has 0 saturated carbocycles. The fourth-order valence-electron chi connectivity index (χ4n) is 6.56. The number of carbonyl (C=O) groups excluding carboxylic acids is 2. The first-order chi connectivity index (χ1) is 20.3. The molecule has 4 atom stereocenters. The van der Waals surface area contributed by atoms with Crippen molar-refractivity contribution in [2.45, 2.75) is 51.0 Å². The highest BCUT2D eigenvalue weighted by Crippen LogP contribution is 2.50. The summed E-state index contributed by atoms with van der Waals surface area (Å²) in [4.78, 5) is 43.3. The van der Waals surface area contributed by atoms with Crippen LogP contribution in [0.4, 0.5) is 4.39 Å². The van der Waals surface area contributed by atoms with Gasteiger partial charge in [0.2, 0.25) is 11.8 Å². The van der Waals surface area contributed by atoms with E-state index in [1.807, 2.05) is 24.3 Å². The Hall–Kier alpha value is -3.89. The molecule has 1 aromatic heterocycles. The van der Waals surface area contributed by atoms with Crippen LogP contribution in [-0.2, 0) is 19.1 Å². The molecule has 2 fully saturated rings. The highest BCUT2D eigenvalue weighted by atomic mass is 19.1. The largest absolute Gasteiger partial charge is 0.505 e. The van der Waals surface area contributed by atoms with E-state index in [9.17, 15) is 29.0 Å². The van der Waals surface area contributed by atoms with E-state index in [1.54, 1.807) is 12.3 Å². The van der Waals surface area contributed by atoms with Crippen molar-refractivity contribution in [3.8, 4) is 5.75 Å². The number of unbranched alkanes of at least 4 members (excludes halogenated alkanes) is 2. The number of likely N-dealkylation sites (tertiary alicyclic amines) is 1. The normalized spacial score (nSPS) is 23.9. The number of carbonyl (C=O) groups is 3. The molecule has 0 bridgehead atoms. The fourth-order valence-corrected chi connectivity index (χ4v) is 6.56. The number of phenolic OH excluding ortho intramolecular Hbond substituents is 1. The third-order valence-electron chi connectivity index (χ3n) is 8.54. The first-order valence-electron chi connectivity index (χ1n) is 14.4. The third kappa shape index (κ3) is 6.15. The summed E-state index contributed by atoms with van der Waals surface area (Å²) in [5.74, 6) is -3.79. The zero-order valence-corrected chi connectivity index (χ0v) is 23.2. The number of aromatic hydroxyl groups is 1. The molecule has 5 rings (SSSR count). The smallest absolute Gasteiger partial charge is 0.303 e. The predicted octanol–water partition coefficient (Wildman–Crippen LogP) is 4.20. The van der Waals surface area contributed by atoms with Gasteiger partial charge >= 0.3 is 5.97 Å². The molecular formula is C32H35FN2O7. The van der Waals surface area contributed by atoms with Crippen molar-refractivity contribution in [1.29, 1.82) is 0 Å². The number of fused-ring (bicyclic) bond motifs is 3. The minimum Gasteiger partial charge on any atom is -0.505 e. The molecule has 0 radical (unpaired) electrons. The molecule has 222 valence electrons. The monoisotopic (exact) mass is 578 g/mol. The Labute approximate surface area is 243 Å². The minimum atomic E-state index is -0.864. The van der Waals surface area contributed by atoms with Gasteiger partial charge in [-0.3, -0.25) is 24.3 Å². The van der Waals surface area contributed by atoms with E-state index in [0.29, 0.717) is 44.1 Å². The van der Waals surface area contributed by atoms with Crippen LogP contribution < -0.4 is 0 Å². The van der Waals surface area contributed by atoms with E-state index in [4.69, 9.17) is 9.84 Å². The second kappa shape index (κ2) is 13.0. The summed E-state index contributed by atoms with van der Waals surface area (Å²) in [6.45, 7) is 0.324. The van der Waals surface area contributed by atoms with Crippen LogP contribution >= 0.6 is 0 Å². The van der Waals surface area contributed by atoms with Crippen LogP contribution in [0.3, 0.4) is 0 Å². The van der Waals surface area contributed by atoms with Crippen LogP contribution in [0.5, 0.6) is 5.75 Å². The molecule has 10 heteroatoms. The number of aliphatic carboxylic acids is 1. The maximum absolute atomic E-state index is 14.0. The number of allylic oxidation sites excluding steroid dienone is 1. The maximum Gasteiger partial charge on any atom is 0.303 e. The van der Waals surface area contributed by atoms with Crippen molar-refractivity contribution < 1.29 is 38.8 Å². The Kier molecular flexibility index (Phi) is 9.13. The molecule has 2 aromatic rings. The van der Waals surface area contributed by atoms with Gasteiger partial charge in [0, 0.05) is 25.1 Å². The molecule has 42 heavy (non-hydrogen) atoms. The van der Waals surface area contributed by atoms with Crippen molar-refractivity contribution in [2.24, 2.45) is 17.8 Å². The third-order valence-corrected chi connectivity index (χ3v) is 8.54. The number of phenols is 1. The second-order valence-corrected chi connectivity index (χ2v) is 11.1. The van der Waals surface area contributed by atoms with Gasteiger partial charge in [-0.15, -0.1) is 0 Å². The lowest BCUT2D eigenvalue weighted by atomic mass is 9.69. The number of ether oxygens (including phenoxy) is 1. The summed E-state index contributed by atoms with van der Waals surface area (Å²) < 4.78 is 20.3. The molecule has 3 N–H and O–H groups in total. The van der Waals surface area contributed by atoms with E-state index in [-0.39, 0.29) is 50.0 Å². The van der Waals surface area contributed by atoms with Crippen molar-refractivity contribution in [3.05, 3.63) is 70.8 Å². The number of hydrogen-bond donors (Lipinski definition) is 3. The van der Waals surface area contributed by atoms with Crippen molar-refractivity contribution in [3.63, 3.8) is 0 Å². The number of rotatable bonds is 12. The average molecular weight is 579 g/mol. The number of aliphatic hydroxyl groups excluding tert-OH is 1. The Morgan fingerprint density at radius 1 is 1.10 bits per heavy atom. The molecule has 1 aromatic carbocycles. The van der Waals surface area contributed by atoms with Gasteiger partial charge in [-0.05, 0) is 84.7 Å². The first-order valence-corrected chi connectivity index (χ1v) is 14.4. The number of aromatic nitrogens is 1. The number of carboxylic acids is 1. The predicted molar refractivity (Wildman–Crippen MR) is 151 cm³/mol. The van der Waals surface area contributed by atoms with E-state index < -0.39 is 29.4 Å². The molecule has 9 nitrogen and oxygen atoms in total. The van der Waals surface area contributed by atoms with E-state index in [2.05, 4.69) is 4.98 Å². The van der Waals surface area contributed by atoms with Gasteiger partial charge in [0.25, 0.3) is 0 Å². The summed E-state index contributed by atoms with van der Waals surface area (Å²) in [5, 5.41) is 28.7. The number of pyridine rings is 1. The van der Waals surface area contributed by atoms with Gasteiger partial charge in [-0.2, -0.15) is 0 Å². The fraction of sp³-hybridized carbons (Fsp3) is 0.438. The molecular weight excluding hydrogens is 543 g/mol. The summed E-state index contributed by atoms with van der Waals surface area (Å²) in [5.41, 5.74) is 3.78. The standard InChI is InChI=1S/C32H35FN2O7/c33-24-15-19(8-10-26(24)37)14-20(25-6-3-4-12-34-25)9-11-27-29-21(17-36)16-22-30(23(29)18-42-27)32(41)35(31(22)40)13-5-1-2-7-28(38)39/h3-4,6,8,10,12,14-15,22-23,27,30,36-37H,1-2,5,7,9,11,13,16-18H2,(H,38,39)/b20-14-/t22-,23+,27-,30-/m1/s1. The van der Waals surface area contributed by atoms with Crippen molar-refractivity contribution in [2.75, 3.05) is 19.8 Å². The number of amides is 2. The van der Waals surface area contributed by atoms with Crippen LogP contribution in [0.2, 0.25) is 0 Å². The van der Waals surface area contributed by atoms with Crippen molar-refractivity contribution in [1.82, 2.24) is 9.88 Å². The molecule has 3 aliphatic rings. The molecule has 1 aliphatic carbocycles. The van der Waals surface area contributed by atoms with E-state index in [0.717, 1.165) is 22.4 Å². The highest BCUT2D eigenvalue weighted by Gasteiger charge is 2.56. The molecule has 2 aliphatic heterocycles. The summed E-state index contributed by atoms with van der Waals surface area (Å²) in [6.07, 6.45) is 6.22. The van der Waals surface area contributed by atoms with Gasteiger partial charge < -0.3 is 20.1 Å². The zero-order valence-electron chi connectivity index (χ0n) is 23.2. The topological polar surface area (TPSA) is 137 Å². The summed E-state index contributed by atoms with van der Waals surface area (Å²) in [6, 6.07) is 9.72. The average Bonchev–Trinajstić information content (AvgIpc) is 3.51. The van der Waals surface area contributed by atoms with Crippen molar-refractivity contribution >= 4 is 29.4 Å². The number of carboxylic acid groups (broad SMARTS) is 1. The van der Waals surface area contributed by atoms with Gasteiger partial charge in [-0.1, -0.05) is 18.6 Å². The number of halogens is 1. The van der Waals surface area contributed by atoms with Gasteiger partial charge in [0.1, 0.15) is 0 Å². The lowest BCUT2D eigenvalue weighted by Crippen LogP contribution is -2.35. The quantitative estimate of drug-likeness (QED) is 0.194. The second-order valence-electron chi connectivity index (χ2n) is 11.1. The number of aliphatic hydroxyl groups is 1. The van der Waals surface area contributed by atoms with Crippen LogP contribution in [0.15, 0.2) is 53.7 Å². The van der Waals surface area contributed by atoms with Gasteiger partial charge in [0.15, 0.2) is 11.6 Å². The molecule has 0 spiro atoms. The number of imide groups is 1. The van der Waals surface area contributed by atoms with Crippen LogP contribution in [0.1, 0.15) is 56.2 Å².